The van der Waals surface area contributed by atoms with Crippen molar-refractivity contribution in [3.05, 3.63) is 94.1 Å². The maximum atomic E-state index is 13.4. The van der Waals surface area contributed by atoms with E-state index in [2.05, 4.69) is 4.99 Å². The molecule has 0 aliphatic heterocycles. The summed E-state index contributed by atoms with van der Waals surface area (Å²) in [6, 6.07) is 17.9. The lowest BCUT2D eigenvalue weighted by Gasteiger charge is -2.09. The van der Waals surface area contributed by atoms with Gasteiger partial charge in [-0.25, -0.2) is 4.99 Å². The molecule has 0 amide bonds. The molecule has 0 aliphatic carbocycles. The van der Waals surface area contributed by atoms with Crippen LogP contribution in [-0.4, -0.2) is 14.2 Å². The van der Waals surface area contributed by atoms with Gasteiger partial charge in [-0.1, -0.05) is 35.9 Å². The SMILES string of the molecule is Cn1c(=Nc2ccc(Cl)cc2)n(Cc2ccc(CO)cc2)c2cc(C(F)(F)F)ccc21. The van der Waals surface area contributed by atoms with Crippen LogP contribution in [0.3, 0.4) is 0 Å². The molecule has 0 atom stereocenters. The number of alkyl halides is 3. The van der Waals surface area contributed by atoms with Gasteiger partial charge in [0.25, 0.3) is 0 Å². The van der Waals surface area contributed by atoms with Gasteiger partial charge in [0.15, 0.2) is 0 Å². The smallest absolute Gasteiger partial charge is 0.392 e. The highest BCUT2D eigenvalue weighted by molar-refractivity contribution is 6.30. The van der Waals surface area contributed by atoms with Gasteiger partial charge in [-0.05, 0) is 53.6 Å². The molecule has 3 aromatic carbocycles. The number of rotatable bonds is 4. The van der Waals surface area contributed by atoms with Crippen LogP contribution in [0.4, 0.5) is 18.9 Å². The molecule has 4 rings (SSSR count). The van der Waals surface area contributed by atoms with E-state index in [0.717, 1.165) is 23.3 Å². The van der Waals surface area contributed by atoms with Gasteiger partial charge in [-0.3, -0.25) is 0 Å². The molecule has 1 heterocycles. The van der Waals surface area contributed by atoms with Crippen molar-refractivity contribution in [3.8, 4) is 0 Å². The first-order valence-corrected chi connectivity index (χ1v) is 9.89. The molecule has 1 aromatic heterocycles. The Morgan fingerprint density at radius 2 is 1.55 bits per heavy atom. The summed E-state index contributed by atoms with van der Waals surface area (Å²) in [5.41, 5.74) is 3.12. The van der Waals surface area contributed by atoms with Crippen LogP contribution in [0.5, 0.6) is 0 Å². The highest BCUT2D eigenvalue weighted by Crippen LogP contribution is 2.31. The Morgan fingerprint density at radius 1 is 0.903 bits per heavy atom. The number of aliphatic hydroxyl groups excluding tert-OH is 1. The van der Waals surface area contributed by atoms with Crippen molar-refractivity contribution >= 4 is 28.3 Å². The van der Waals surface area contributed by atoms with Crippen LogP contribution in [0.2, 0.25) is 5.02 Å². The number of aryl methyl sites for hydroxylation is 1. The Labute approximate surface area is 181 Å². The number of halogens is 4. The summed E-state index contributed by atoms with van der Waals surface area (Å²) < 4.78 is 43.6. The minimum atomic E-state index is -4.45. The number of hydrogen-bond donors (Lipinski definition) is 1. The lowest BCUT2D eigenvalue weighted by atomic mass is 10.1. The number of fused-ring (bicyclic) bond motifs is 1. The van der Waals surface area contributed by atoms with Gasteiger partial charge in [0, 0.05) is 12.1 Å². The van der Waals surface area contributed by atoms with Crippen molar-refractivity contribution < 1.29 is 18.3 Å². The second kappa shape index (κ2) is 8.24. The third-order valence-corrected chi connectivity index (χ3v) is 5.35. The average molecular weight is 446 g/mol. The van der Waals surface area contributed by atoms with Gasteiger partial charge in [0.1, 0.15) is 0 Å². The molecular formula is C23H19ClF3N3O. The summed E-state index contributed by atoms with van der Waals surface area (Å²) in [4.78, 5) is 4.69. The summed E-state index contributed by atoms with van der Waals surface area (Å²) in [6.45, 7) is 0.241. The predicted molar refractivity (Wildman–Crippen MR) is 114 cm³/mol. The zero-order valence-electron chi connectivity index (χ0n) is 16.6. The van der Waals surface area contributed by atoms with E-state index in [0.29, 0.717) is 33.9 Å². The molecule has 160 valence electrons. The molecule has 31 heavy (non-hydrogen) atoms. The summed E-state index contributed by atoms with van der Waals surface area (Å²) in [5, 5.41) is 9.83. The van der Waals surface area contributed by atoms with E-state index in [1.165, 1.54) is 6.07 Å². The summed E-state index contributed by atoms with van der Waals surface area (Å²) >= 11 is 5.96. The van der Waals surface area contributed by atoms with E-state index in [1.54, 1.807) is 52.6 Å². The van der Waals surface area contributed by atoms with Gasteiger partial charge < -0.3 is 14.2 Å². The first-order valence-electron chi connectivity index (χ1n) is 9.52. The fourth-order valence-electron chi connectivity index (χ4n) is 3.45. The Bertz CT molecular complexity index is 1290. The van der Waals surface area contributed by atoms with Crippen LogP contribution >= 0.6 is 11.6 Å². The van der Waals surface area contributed by atoms with E-state index >= 15 is 0 Å². The molecule has 1 N–H and O–H groups in total. The van der Waals surface area contributed by atoms with Crippen LogP contribution in [0.15, 0.2) is 71.7 Å². The number of imidazole rings is 1. The molecule has 0 saturated carbocycles. The van der Waals surface area contributed by atoms with Crippen molar-refractivity contribution in [2.24, 2.45) is 12.0 Å². The summed E-state index contributed by atoms with van der Waals surface area (Å²) in [7, 11) is 1.77. The maximum absolute atomic E-state index is 13.4. The van der Waals surface area contributed by atoms with Crippen LogP contribution in [0, 0.1) is 0 Å². The van der Waals surface area contributed by atoms with Crippen LogP contribution in [0.1, 0.15) is 16.7 Å². The van der Waals surface area contributed by atoms with Crippen LogP contribution < -0.4 is 5.62 Å². The quantitative estimate of drug-likeness (QED) is 0.447. The highest BCUT2D eigenvalue weighted by atomic mass is 35.5. The second-order valence-electron chi connectivity index (χ2n) is 7.21. The first kappa shape index (κ1) is 21.2. The van der Waals surface area contributed by atoms with Crippen molar-refractivity contribution in [2.45, 2.75) is 19.3 Å². The number of nitrogens with zero attached hydrogens (tertiary/aromatic N) is 3. The Balaban J connectivity index is 1.94. The van der Waals surface area contributed by atoms with E-state index in [4.69, 9.17) is 11.6 Å². The maximum Gasteiger partial charge on any atom is 0.416 e. The predicted octanol–water partition coefficient (Wildman–Crippen LogP) is 5.43. The molecule has 0 radical (unpaired) electrons. The molecule has 4 aromatic rings. The van der Waals surface area contributed by atoms with Crippen molar-refractivity contribution in [1.82, 2.24) is 9.13 Å². The van der Waals surface area contributed by atoms with Gasteiger partial charge in [0.05, 0.1) is 35.4 Å². The Hall–Kier alpha value is -3.03. The fourth-order valence-corrected chi connectivity index (χ4v) is 3.58. The molecule has 0 aliphatic rings. The van der Waals surface area contributed by atoms with Gasteiger partial charge >= 0.3 is 6.18 Å². The van der Waals surface area contributed by atoms with Crippen LogP contribution in [-0.2, 0) is 26.4 Å². The zero-order chi connectivity index (χ0) is 22.2. The van der Waals surface area contributed by atoms with Crippen molar-refractivity contribution in [3.63, 3.8) is 0 Å². The van der Waals surface area contributed by atoms with E-state index < -0.39 is 11.7 Å². The van der Waals surface area contributed by atoms with Gasteiger partial charge in [-0.2, -0.15) is 13.2 Å². The van der Waals surface area contributed by atoms with Crippen molar-refractivity contribution in [1.29, 1.82) is 0 Å². The zero-order valence-corrected chi connectivity index (χ0v) is 17.3. The van der Waals surface area contributed by atoms with E-state index in [9.17, 15) is 18.3 Å². The molecule has 8 heteroatoms. The number of benzene rings is 3. The number of aliphatic hydroxyl groups is 1. The standard InChI is InChI=1S/C23H19ClF3N3O/c1-29-20-11-6-17(23(25,26)27)12-21(20)30(13-15-2-4-16(14-31)5-3-15)22(29)28-19-9-7-18(24)8-10-19/h2-12,31H,13-14H2,1H3. The largest absolute Gasteiger partial charge is 0.416 e. The number of aromatic nitrogens is 2. The number of hydrogen-bond acceptors (Lipinski definition) is 2. The molecule has 0 spiro atoms. The van der Waals surface area contributed by atoms with Crippen molar-refractivity contribution in [2.75, 3.05) is 0 Å². The van der Waals surface area contributed by atoms with Gasteiger partial charge in [-0.15, -0.1) is 0 Å². The third kappa shape index (κ3) is 4.38. The first-order chi connectivity index (χ1) is 14.8. The molecule has 0 fully saturated rings. The monoisotopic (exact) mass is 445 g/mol. The summed E-state index contributed by atoms with van der Waals surface area (Å²) in [5.74, 6) is 0. The minimum absolute atomic E-state index is 0.0756. The van der Waals surface area contributed by atoms with E-state index in [-0.39, 0.29) is 6.61 Å². The topological polar surface area (TPSA) is 42.5 Å². The molecule has 0 bridgehead atoms. The molecule has 4 nitrogen and oxygen atoms in total. The Kier molecular flexibility index (Phi) is 5.64. The van der Waals surface area contributed by atoms with Crippen LogP contribution in [0.25, 0.3) is 11.0 Å². The molecular weight excluding hydrogens is 427 g/mol. The highest BCUT2D eigenvalue weighted by Gasteiger charge is 2.31. The second-order valence-corrected chi connectivity index (χ2v) is 7.65. The fraction of sp³-hybridized carbons (Fsp3) is 0.174. The average Bonchev–Trinajstić information content (AvgIpc) is 3.00. The normalized spacial score (nSPS) is 12.6. The molecule has 0 saturated heterocycles. The molecule has 0 unspecified atom stereocenters. The Morgan fingerprint density at radius 3 is 2.16 bits per heavy atom. The third-order valence-electron chi connectivity index (χ3n) is 5.10. The summed E-state index contributed by atoms with van der Waals surface area (Å²) in [6.07, 6.45) is -4.45. The lowest BCUT2D eigenvalue weighted by molar-refractivity contribution is -0.137. The van der Waals surface area contributed by atoms with Gasteiger partial charge in [0.2, 0.25) is 5.62 Å². The minimum Gasteiger partial charge on any atom is -0.392 e. The lowest BCUT2D eigenvalue weighted by Crippen LogP contribution is -2.24. The van der Waals surface area contributed by atoms with E-state index in [1.807, 2.05) is 12.1 Å².